The van der Waals surface area contributed by atoms with E-state index in [4.69, 9.17) is 25.4 Å². The number of carbonyl (C=O) groups is 3. The van der Waals surface area contributed by atoms with Crippen molar-refractivity contribution in [2.45, 2.75) is 19.4 Å². The summed E-state index contributed by atoms with van der Waals surface area (Å²) < 4.78 is 9.59. The van der Waals surface area contributed by atoms with Gasteiger partial charge in [-0.1, -0.05) is 0 Å². The molecule has 128 valence electrons. The molecular formula is C12H22N2O7W. The number of hydrogen-bond donors (Lipinski definition) is 3. The zero-order valence-electron chi connectivity index (χ0n) is 12.6. The van der Waals surface area contributed by atoms with Gasteiger partial charge in [0.1, 0.15) is 6.61 Å². The Labute approximate surface area is 143 Å². The monoisotopic (exact) mass is 490 g/mol. The molecule has 0 aliphatic rings. The maximum Gasteiger partial charge on any atom is 0.347 e. The van der Waals surface area contributed by atoms with Gasteiger partial charge in [0.05, 0.1) is 19.7 Å². The van der Waals surface area contributed by atoms with Gasteiger partial charge in [0.25, 0.3) is 0 Å². The Morgan fingerprint density at radius 2 is 1.77 bits per heavy atom. The molecule has 0 fully saturated rings. The van der Waals surface area contributed by atoms with Crippen molar-refractivity contribution in [1.29, 1.82) is 0 Å². The van der Waals surface area contributed by atoms with Crippen LogP contribution in [0.1, 0.15) is 13.8 Å². The second kappa shape index (κ2) is 11.5. The summed E-state index contributed by atoms with van der Waals surface area (Å²) in [6.07, 6.45) is 0. The molecule has 0 heterocycles. The summed E-state index contributed by atoms with van der Waals surface area (Å²) in [7, 11) is 0. The first-order valence-electron chi connectivity index (χ1n) is 6.37. The molecule has 0 saturated heterocycles. The summed E-state index contributed by atoms with van der Waals surface area (Å²) in [5, 5.41) is 17.8. The van der Waals surface area contributed by atoms with Crippen molar-refractivity contribution in [3.05, 3.63) is 0 Å². The van der Waals surface area contributed by atoms with Crippen LogP contribution in [0.2, 0.25) is 0 Å². The van der Waals surface area contributed by atoms with Crippen LogP contribution in [0.5, 0.6) is 0 Å². The molecule has 0 aromatic rings. The van der Waals surface area contributed by atoms with Gasteiger partial charge in [-0.05, 0) is 13.8 Å². The largest absolute Gasteiger partial charge is 0.478 e. The van der Waals surface area contributed by atoms with E-state index in [9.17, 15) is 14.4 Å². The summed E-state index contributed by atoms with van der Waals surface area (Å²) in [5.74, 6) is -2.59. The second-order valence-corrected chi connectivity index (χ2v) is 4.71. The van der Waals surface area contributed by atoms with Crippen LogP contribution in [-0.4, -0.2) is 78.0 Å². The molecule has 0 aromatic heterocycles. The number of carboxylic acid groups (broad SMARTS) is 1. The number of esters is 2. The van der Waals surface area contributed by atoms with E-state index in [0.717, 1.165) is 0 Å². The van der Waals surface area contributed by atoms with Crippen LogP contribution >= 0.6 is 0 Å². The Kier molecular flexibility index (Phi) is 12.2. The molecule has 4 N–H and O–H groups in total. The Balaban J connectivity index is 0. The number of rotatable bonds is 10. The predicted molar refractivity (Wildman–Crippen MR) is 71.3 cm³/mol. The first-order valence-corrected chi connectivity index (χ1v) is 6.37. The number of aliphatic hydroxyl groups excluding tert-OH is 1. The topological polar surface area (TPSA) is 139 Å². The first kappa shape index (κ1) is 23.2. The fourth-order valence-corrected chi connectivity index (χ4v) is 1.30. The van der Waals surface area contributed by atoms with Gasteiger partial charge in [-0.3, -0.25) is 14.5 Å². The molecule has 0 amide bonds. The SMILES string of the molecule is CC(C)(OC(=O)CN(CCO)CCOC(=O)CN)C(=O)O.[W]. The molecule has 0 aliphatic heterocycles. The first-order chi connectivity index (χ1) is 9.72. The zero-order valence-corrected chi connectivity index (χ0v) is 15.5. The summed E-state index contributed by atoms with van der Waals surface area (Å²) >= 11 is 0. The number of nitrogens with zero attached hydrogens (tertiary/aromatic N) is 1. The van der Waals surface area contributed by atoms with E-state index in [1.54, 1.807) is 0 Å². The minimum absolute atomic E-state index is 0. The van der Waals surface area contributed by atoms with Crippen LogP contribution in [0.3, 0.4) is 0 Å². The van der Waals surface area contributed by atoms with E-state index in [2.05, 4.69) is 0 Å². The molecule has 22 heavy (non-hydrogen) atoms. The van der Waals surface area contributed by atoms with Crippen molar-refractivity contribution in [1.82, 2.24) is 4.90 Å². The van der Waals surface area contributed by atoms with Crippen LogP contribution < -0.4 is 5.73 Å². The van der Waals surface area contributed by atoms with Gasteiger partial charge >= 0.3 is 17.9 Å². The molecule has 0 rings (SSSR count). The third kappa shape index (κ3) is 9.83. The van der Waals surface area contributed by atoms with Crippen LogP contribution in [0.25, 0.3) is 0 Å². The van der Waals surface area contributed by atoms with Crippen molar-refractivity contribution in [3.8, 4) is 0 Å². The quantitative estimate of drug-likeness (QED) is 0.303. The number of carboxylic acids is 1. The average Bonchev–Trinajstić information content (AvgIpc) is 2.37. The van der Waals surface area contributed by atoms with Gasteiger partial charge < -0.3 is 25.4 Å². The number of nitrogens with two attached hydrogens (primary N) is 1. The molecule has 0 aliphatic carbocycles. The Morgan fingerprint density at radius 1 is 1.18 bits per heavy atom. The average molecular weight is 490 g/mol. The fourth-order valence-electron chi connectivity index (χ4n) is 1.30. The third-order valence-corrected chi connectivity index (χ3v) is 2.49. The van der Waals surface area contributed by atoms with Crippen molar-refractivity contribution < 1.29 is 55.1 Å². The van der Waals surface area contributed by atoms with Crippen molar-refractivity contribution in [2.24, 2.45) is 5.73 Å². The van der Waals surface area contributed by atoms with Crippen LogP contribution in [0, 0.1) is 0 Å². The Hall–Kier alpha value is -1.02. The molecule has 0 radical (unpaired) electrons. The van der Waals surface area contributed by atoms with Crippen molar-refractivity contribution in [2.75, 3.05) is 39.4 Å². The Morgan fingerprint density at radius 3 is 2.23 bits per heavy atom. The van der Waals surface area contributed by atoms with E-state index in [0.29, 0.717) is 0 Å². The molecule has 0 spiro atoms. The van der Waals surface area contributed by atoms with E-state index in [1.165, 1.54) is 18.7 Å². The molecular weight excluding hydrogens is 468 g/mol. The minimum atomic E-state index is -1.63. The van der Waals surface area contributed by atoms with E-state index >= 15 is 0 Å². The van der Waals surface area contributed by atoms with Gasteiger partial charge in [-0.25, -0.2) is 4.79 Å². The number of aliphatic carboxylic acids is 1. The number of aliphatic hydroxyl groups is 1. The van der Waals surface area contributed by atoms with Crippen LogP contribution in [0.15, 0.2) is 0 Å². The number of carbonyl (C=O) groups excluding carboxylic acids is 2. The predicted octanol–water partition coefficient (Wildman–Crippen LogP) is -1.81. The van der Waals surface area contributed by atoms with Crippen LogP contribution in [-0.2, 0) is 44.9 Å². The molecule has 0 saturated carbocycles. The maximum atomic E-state index is 11.7. The summed E-state index contributed by atoms with van der Waals surface area (Å²) in [6.45, 7) is 2.19. The standard InChI is InChI=1S/C12H22N2O7.W/c1-12(2,11(18)19)21-10(17)8-14(3-5-15)4-6-20-9(16)7-13;/h15H,3-8,13H2,1-2H3,(H,18,19);. The van der Waals surface area contributed by atoms with Crippen molar-refractivity contribution >= 4 is 17.9 Å². The molecule has 9 nitrogen and oxygen atoms in total. The Bertz CT molecular complexity index is 376. The van der Waals surface area contributed by atoms with E-state index < -0.39 is 23.5 Å². The maximum absolute atomic E-state index is 11.7. The molecule has 0 aromatic carbocycles. The van der Waals surface area contributed by atoms with E-state index in [1.807, 2.05) is 0 Å². The molecule has 0 atom stereocenters. The summed E-state index contributed by atoms with van der Waals surface area (Å²) in [5.41, 5.74) is 3.44. The van der Waals surface area contributed by atoms with Gasteiger partial charge in [-0.2, -0.15) is 0 Å². The van der Waals surface area contributed by atoms with Gasteiger partial charge in [0, 0.05) is 34.2 Å². The second-order valence-electron chi connectivity index (χ2n) is 4.71. The molecule has 0 unspecified atom stereocenters. The summed E-state index contributed by atoms with van der Waals surface area (Å²) in [6, 6.07) is 0. The molecule has 10 heteroatoms. The zero-order chi connectivity index (χ0) is 16.5. The van der Waals surface area contributed by atoms with Crippen LogP contribution in [0.4, 0.5) is 0 Å². The fraction of sp³-hybridized carbons (Fsp3) is 0.750. The van der Waals surface area contributed by atoms with Gasteiger partial charge in [0.15, 0.2) is 0 Å². The number of hydrogen-bond acceptors (Lipinski definition) is 8. The van der Waals surface area contributed by atoms with Gasteiger partial charge in [-0.15, -0.1) is 0 Å². The summed E-state index contributed by atoms with van der Waals surface area (Å²) in [4.78, 5) is 34.9. The van der Waals surface area contributed by atoms with E-state index in [-0.39, 0.29) is 60.5 Å². The van der Waals surface area contributed by atoms with Gasteiger partial charge in [0.2, 0.25) is 5.60 Å². The third-order valence-electron chi connectivity index (χ3n) is 2.49. The normalized spacial score (nSPS) is 10.8. The minimum Gasteiger partial charge on any atom is -0.478 e. The smallest absolute Gasteiger partial charge is 0.347 e. The van der Waals surface area contributed by atoms with Crippen molar-refractivity contribution in [3.63, 3.8) is 0 Å². The molecule has 0 bridgehead atoms. The number of ether oxygens (including phenoxy) is 2.